The van der Waals surface area contributed by atoms with Crippen molar-refractivity contribution in [2.45, 2.75) is 44.9 Å². The first kappa shape index (κ1) is 23.2. The lowest BCUT2D eigenvalue weighted by atomic mass is 9.94. The zero-order valence-electron chi connectivity index (χ0n) is 18.5. The summed E-state index contributed by atoms with van der Waals surface area (Å²) in [6.07, 6.45) is -0.429. The molecule has 1 saturated heterocycles. The Morgan fingerprint density at radius 2 is 1.69 bits per heavy atom. The van der Waals surface area contributed by atoms with Crippen molar-refractivity contribution in [1.29, 1.82) is 0 Å². The summed E-state index contributed by atoms with van der Waals surface area (Å²) in [5.41, 5.74) is 3.49. The van der Waals surface area contributed by atoms with Crippen molar-refractivity contribution in [3.63, 3.8) is 0 Å². The van der Waals surface area contributed by atoms with Gasteiger partial charge in [0.25, 0.3) is 11.8 Å². The van der Waals surface area contributed by atoms with Crippen molar-refractivity contribution in [3.05, 3.63) is 60.2 Å². The van der Waals surface area contributed by atoms with E-state index in [1.807, 2.05) is 36.4 Å². The van der Waals surface area contributed by atoms with E-state index in [9.17, 15) is 14.4 Å². The van der Waals surface area contributed by atoms with E-state index in [0.717, 1.165) is 11.1 Å². The summed E-state index contributed by atoms with van der Waals surface area (Å²) in [5, 5.41) is 0. The molecule has 0 saturated carbocycles. The number of hydrazine groups is 1. The summed E-state index contributed by atoms with van der Waals surface area (Å²) in [6.45, 7) is 5.01. The number of likely N-dealkylation sites (tertiary alicyclic amines) is 1. The monoisotopic (exact) mass is 441 g/mol. The molecule has 0 aliphatic carbocycles. The summed E-state index contributed by atoms with van der Waals surface area (Å²) >= 11 is 0. The predicted octanol–water partition coefficient (Wildman–Crippen LogP) is 3.85. The van der Waals surface area contributed by atoms with E-state index in [4.69, 9.17) is 4.74 Å². The number of alkyl halides is 1. The highest BCUT2D eigenvalue weighted by atomic mass is 19.1. The number of benzene rings is 2. The molecule has 0 spiro atoms. The molecule has 0 aromatic heterocycles. The smallest absolute Gasteiger partial charge is 0.410 e. The van der Waals surface area contributed by atoms with Crippen LogP contribution >= 0.6 is 0 Å². The second-order valence-corrected chi connectivity index (χ2v) is 8.83. The SMILES string of the molecule is CC(C)(C)OC(=O)N1CCCC(F)(C(=O)NNC(=O)c2cccc(-c3ccccc3)c2)C1. The summed E-state index contributed by atoms with van der Waals surface area (Å²) in [5.74, 6) is -1.57. The number of nitrogens with zero attached hydrogens (tertiary/aromatic N) is 1. The van der Waals surface area contributed by atoms with Crippen LogP contribution in [0.5, 0.6) is 0 Å². The summed E-state index contributed by atoms with van der Waals surface area (Å²) in [6, 6.07) is 16.4. The number of rotatable bonds is 3. The molecule has 170 valence electrons. The van der Waals surface area contributed by atoms with Crippen LogP contribution in [0.4, 0.5) is 9.18 Å². The van der Waals surface area contributed by atoms with Crippen LogP contribution in [0.1, 0.15) is 44.0 Å². The number of carbonyl (C=O) groups excluding carboxylic acids is 3. The highest BCUT2D eigenvalue weighted by molar-refractivity contribution is 5.97. The molecule has 7 nitrogen and oxygen atoms in total. The van der Waals surface area contributed by atoms with Crippen molar-refractivity contribution in [2.75, 3.05) is 13.1 Å². The average Bonchev–Trinajstić information content (AvgIpc) is 2.76. The summed E-state index contributed by atoms with van der Waals surface area (Å²) < 4.78 is 20.6. The zero-order valence-corrected chi connectivity index (χ0v) is 18.5. The molecule has 1 atom stereocenters. The van der Waals surface area contributed by atoms with Gasteiger partial charge in [0.2, 0.25) is 5.67 Å². The standard InChI is InChI=1S/C24H28FN3O4/c1-23(2,3)32-22(31)28-14-8-13-24(25,16-28)21(30)27-26-20(29)19-12-7-11-18(15-19)17-9-5-4-6-10-17/h4-7,9-12,15H,8,13-14,16H2,1-3H3,(H,26,29)(H,27,30). The van der Waals surface area contributed by atoms with Crippen LogP contribution < -0.4 is 10.9 Å². The Hall–Kier alpha value is -3.42. The molecule has 8 heteroatoms. The van der Waals surface area contributed by atoms with E-state index < -0.39 is 35.7 Å². The molecule has 2 N–H and O–H groups in total. The Labute approximate surface area is 186 Å². The van der Waals surface area contributed by atoms with Gasteiger partial charge in [-0.3, -0.25) is 20.4 Å². The van der Waals surface area contributed by atoms with Gasteiger partial charge in [-0.25, -0.2) is 9.18 Å². The number of nitrogens with one attached hydrogen (secondary N) is 2. The lowest BCUT2D eigenvalue weighted by molar-refractivity contribution is -0.137. The molecule has 3 amide bonds. The van der Waals surface area contributed by atoms with Crippen LogP contribution in [0, 0.1) is 0 Å². The Bertz CT molecular complexity index is 990. The Kier molecular flexibility index (Phi) is 6.81. The quantitative estimate of drug-likeness (QED) is 0.709. The van der Waals surface area contributed by atoms with Crippen molar-refractivity contribution >= 4 is 17.9 Å². The van der Waals surface area contributed by atoms with Gasteiger partial charge >= 0.3 is 6.09 Å². The molecule has 1 aliphatic rings. The van der Waals surface area contributed by atoms with Gasteiger partial charge in [-0.15, -0.1) is 0 Å². The highest BCUT2D eigenvalue weighted by Crippen LogP contribution is 2.27. The van der Waals surface area contributed by atoms with Gasteiger partial charge in [-0.05, 0) is 56.9 Å². The number of hydrogen-bond donors (Lipinski definition) is 2. The maximum Gasteiger partial charge on any atom is 0.410 e. The van der Waals surface area contributed by atoms with Crippen LogP contribution in [-0.2, 0) is 9.53 Å². The minimum absolute atomic E-state index is 0.0580. The third kappa shape index (κ3) is 5.84. The van der Waals surface area contributed by atoms with E-state index in [2.05, 4.69) is 10.9 Å². The molecule has 1 aliphatic heterocycles. The van der Waals surface area contributed by atoms with E-state index >= 15 is 4.39 Å². The fraction of sp³-hybridized carbons (Fsp3) is 0.375. The molecule has 0 radical (unpaired) electrons. The fourth-order valence-electron chi connectivity index (χ4n) is 3.45. The van der Waals surface area contributed by atoms with Gasteiger partial charge in [0.1, 0.15) is 5.60 Å². The molecular formula is C24H28FN3O4. The van der Waals surface area contributed by atoms with Gasteiger partial charge in [-0.2, -0.15) is 0 Å². The number of carbonyl (C=O) groups is 3. The molecule has 32 heavy (non-hydrogen) atoms. The molecule has 1 unspecified atom stereocenters. The number of ether oxygens (including phenoxy) is 1. The van der Waals surface area contributed by atoms with Crippen molar-refractivity contribution in [3.8, 4) is 11.1 Å². The average molecular weight is 442 g/mol. The normalized spacial score (nSPS) is 18.6. The summed E-state index contributed by atoms with van der Waals surface area (Å²) in [7, 11) is 0. The minimum atomic E-state index is -2.33. The molecule has 0 bridgehead atoms. The predicted molar refractivity (Wildman–Crippen MR) is 118 cm³/mol. The minimum Gasteiger partial charge on any atom is -0.444 e. The maximum absolute atomic E-state index is 15.3. The lowest BCUT2D eigenvalue weighted by Crippen LogP contribution is -2.59. The van der Waals surface area contributed by atoms with Crippen LogP contribution in [0.2, 0.25) is 0 Å². The van der Waals surface area contributed by atoms with Crippen molar-refractivity contribution in [1.82, 2.24) is 15.8 Å². The third-order valence-electron chi connectivity index (χ3n) is 5.02. The topological polar surface area (TPSA) is 87.7 Å². The first-order valence-electron chi connectivity index (χ1n) is 10.5. The molecule has 3 rings (SSSR count). The number of halogens is 1. The van der Waals surface area contributed by atoms with Crippen LogP contribution in [0.25, 0.3) is 11.1 Å². The van der Waals surface area contributed by atoms with Crippen LogP contribution in [0.3, 0.4) is 0 Å². The Morgan fingerprint density at radius 3 is 2.38 bits per heavy atom. The van der Waals surface area contributed by atoms with Crippen molar-refractivity contribution in [2.24, 2.45) is 0 Å². The highest BCUT2D eigenvalue weighted by Gasteiger charge is 2.45. The first-order chi connectivity index (χ1) is 15.1. The second-order valence-electron chi connectivity index (χ2n) is 8.83. The summed E-state index contributed by atoms with van der Waals surface area (Å²) in [4.78, 5) is 38.5. The van der Waals surface area contributed by atoms with Gasteiger partial charge in [-0.1, -0.05) is 42.5 Å². The lowest BCUT2D eigenvalue weighted by Gasteiger charge is -2.36. The Balaban J connectivity index is 1.61. The molecule has 2 aromatic rings. The third-order valence-corrected chi connectivity index (χ3v) is 5.02. The van der Waals surface area contributed by atoms with E-state index in [-0.39, 0.29) is 6.42 Å². The van der Waals surface area contributed by atoms with Gasteiger partial charge in [0.15, 0.2) is 0 Å². The molecule has 2 aromatic carbocycles. The maximum atomic E-state index is 15.3. The Morgan fingerprint density at radius 1 is 1.00 bits per heavy atom. The molecule has 1 fully saturated rings. The van der Waals surface area contributed by atoms with E-state index in [1.165, 1.54) is 4.90 Å². The largest absolute Gasteiger partial charge is 0.444 e. The van der Waals surface area contributed by atoms with Crippen LogP contribution in [-0.4, -0.2) is 47.2 Å². The van der Waals surface area contributed by atoms with E-state index in [0.29, 0.717) is 18.5 Å². The van der Waals surface area contributed by atoms with Crippen molar-refractivity contribution < 1.29 is 23.5 Å². The molecule has 1 heterocycles. The van der Waals surface area contributed by atoms with Gasteiger partial charge in [0, 0.05) is 12.1 Å². The van der Waals surface area contributed by atoms with E-state index in [1.54, 1.807) is 39.0 Å². The fourth-order valence-corrected chi connectivity index (χ4v) is 3.45. The van der Waals surface area contributed by atoms with Gasteiger partial charge in [0.05, 0.1) is 6.54 Å². The van der Waals surface area contributed by atoms with Crippen LogP contribution in [0.15, 0.2) is 54.6 Å². The zero-order chi connectivity index (χ0) is 23.4. The number of piperidine rings is 1. The molecular weight excluding hydrogens is 413 g/mol. The first-order valence-corrected chi connectivity index (χ1v) is 10.5. The number of hydrogen-bond acceptors (Lipinski definition) is 4. The second kappa shape index (κ2) is 9.38. The van der Waals surface area contributed by atoms with Gasteiger partial charge < -0.3 is 9.64 Å². The number of amides is 3.